The zero-order valence-electron chi connectivity index (χ0n) is 12.2. The predicted molar refractivity (Wildman–Crippen MR) is 75.6 cm³/mol. The standard InChI is InChI=1S/C14H19N5O2/c1-11-3-4-12(17(11)2)13(20)18-7-5-14(21,9-18)10-19-8-6-15-16-19/h3-4,6,8,21H,5,7,9-10H2,1-2H3. The predicted octanol–water partition coefficient (Wildman–Crippen LogP) is 0.202. The molecule has 1 saturated heterocycles. The summed E-state index contributed by atoms with van der Waals surface area (Å²) in [5, 5.41) is 18.2. The number of rotatable bonds is 3. The van der Waals surface area contributed by atoms with Crippen LogP contribution >= 0.6 is 0 Å². The summed E-state index contributed by atoms with van der Waals surface area (Å²) in [7, 11) is 1.88. The van der Waals surface area contributed by atoms with Gasteiger partial charge >= 0.3 is 0 Å². The number of β-amino-alcohol motifs (C(OH)–C–C–N with tert-alkyl or cyclic N) is 1. The Morgan fingerprint density at radius 1 is 1.48 bits per heavy atom. The van der Waals surface area contributed by atoms with Crippen LogP contribution in [0.1, 0.15) is 22.6 Å². The van der Waals surface area contributed by atoms with Crippen LogP contribution in [-0.4, -0.2) is 54.2 Å². The quantitative estimate of drug-likeness (QED) is 0.876. The third kappa shape index (κ3) is 2.56. The summed E-state index contributed by atoms with van der Waals surface area (Å²) in [5.41, 5.74) is 0.747. The number of aliphatic hydroxyl groups is 1. The van der Waals surface area contributed by atoms with Crippen LogP contribution in [0.25, 0.3) is 0 Å². The number of carbonyl (C=O) groups is 1. The molecule has 1 aliphatic heterocycles. The fourth-order valence-corrected chi connectivity index (χ4v) is 2.77. The first-order valence-corrected chi connectivity index (χ1v) is 6.97. The van der Waals surface area contributed by atoms with Crippen molar-refractivity contribution in [2.45, 2.75) is 25.5 Å². The lowest BCUT2D eigenvalue weighted by molar-refractivity contribution is 0.0265. The van der Waals surface area contributed by atoms with E-state index in [0.29, 0.717) is 31.7 Å². The monoisotopic (exact) mass is 289 g/mol. The van der Waals surface area contributed by atoms with E-state index < -0.39 is 5.60 Å². The number of carbonyl (C=O) groups excluding carboxylic acids is 1. The van der Waals surface area contributed by atoms with Crippen molar-refractivity contribution in [2.24, 2.45) is 7.05 Å². The van der Waals surface area contributed by atoms with Crippen LogP contribution in [0.2, 0.25) is 0 Å². The normalized spacial score (nSPS) is 22.0. The van der Waals surface area contributed by atoms with Gasteiger partial charge in [0.15, 0.2) is 0 Å². The second kappa shape index (κ2) is 5.00. The van der Waals surface area contributed by atoms with Crippen molar-refractivity contribution in [1.29, 1.82) is 0 Å². The summed E-state index contributed by atoms with van der Waals surface area (Å²) in [4.78, 5) is 14.2. The number of hydrogen-bond acceptors (Lipinski definition) is 4. The number of nitrogens with zero attached hydrogens (tertiary/aromatic N) is 5. The minimum atomic E-state index is -0.941. The second-order valence-electron chi connectivity index (χ2n) is 5.72. The fourth-order valence-electron chi connectivity index (χ4n) is 2.77. The van der Waals surface area contributed by atoms with E-state index >= 15 is 0 Å². The molecule has 0 saturated carbocycles. The maximum atomic E-state index is 12.5. The van der Waals surface area contributed by atoms with Crippen molar-refractivity contribution >= 4 is 5.91 Å². The first-order valence-electron chi connectivity index (χ1n) is 6.97. The van der Waals surface area contributed by atoms with Crippen LogP contribution in [0.15, 0.2) is 24.5 Å². The van der Waals surface area contributed by atoms with Gasteiger partial charge in [-0.1, -0.05) is 5.21 Å². The third-order valence-corrected chi connectivity index (χ3v) is 4.14. The van der Waals surface area contributed by atoms with Crippen LogP contribution in [-0.2, 0) is 13.6 Å². The van der Waals surface area contributed by atoms with Gasteiger partial charge in [0.25, 0.3) is 5.91 Å². The summed E-state index contributed by atoms with van der Waals surface area (Å²) in [6.07, 6.45) is 3.83. The Morgan fingerprint density at radius 2 is 2.29 bits per heavy atom. The Bertz CT molecular complexity index is 648. The van der Waals surface area contributed by atoms with Crippen molar-refractivity contribution < 1.29 is 9.90 Å². The minimum absolute atomic E-state index is 0.0416. The third-order valence-electron chi connectivity index (χ3n) is 4.14. The van der Waals surface area contributed by atoms with E-state index in [0.717, 1.165) is 5.69 Å². The van der Waals surface area contributed by atoms with Crippen LogP contribution in [0.5, 0.6) is 0 Å². The van der Waals surface area contributed by atoms with Gasteiger partial charge < -0.3 is 14.6 Å². The van der Waals surface area contributed by atoms with Gasteiger partial charge in [0.1, 0.15) is 11.3 Å². The molecule has 1 aliphatic rings. The Labute approximate surface area is 122 Å². The van der Waals surface area contributed by atoms with E-state index in [4.69, 9.17) is 0 Å². The molecule has 0 aliphatic carbocycles. The molecule has 21 heavy (non-hydrogen) atoms. The average Bonchev–Trinajstić information content (AvgIpc) is 3.14. The highest BCUT2D eigenvalue weighted by Gasteiger charge is 2.39. The van der Waals surface area contributed by atoms with E-state index in [1.54, 1.807) is 22.0 Å². The number of likely N-dealkylation sites (tertiary alicyclic amines) is 1. The lowest BCUT2D eigenvalue weighted by atomic mass is 10.0. The molecule has 0 bridgehead atoms. The molecule has 2 aromatic heterocycles. The zero-order chi connectivity index (χ0) is 15.0. The smallest absolute Gasteiger partial charge is 0.270 e. The highest BCUT2D eigenvalue weighted by Crippen LogP contribution is 2.24. The molecule has 1 atom stereocenters. The van der Waals surface area contributed by atoms with Crippen LogP contribution in [0, 0.1) is 6.92 Å². The van der Waals surface area contributed by atoms with E-state index in [2.05, 4.69) is 10.3 Å². The molecule has 3 rings (SSSR count). The Kier molecular flexibility index (Phi) is 3.29. The Morgan fingerprint density at radius 3 is 2.90 bits per heavy atom. The van der Waals surface area contributed by atoms with Gasteiger partial charge in [-0.2, -0.15) is 0 Å². The molecule has 1 amide bonds. The van der Waals surface area contributed by atoms with E-state index in [9.17, 15) is 9.90 Å². The Balaban J connectivity index is 1.71. The highest BCUT2D eigenvalue weighted by atomic mass is 16.3. The minimum Gasteiger partial charge on any atom is -0.386 e. The summed E-state index contributed by atoms with van der Waals surface area (Å²) in [6, 6.07) is 3.75. The molecule has 1 unspecified atom stereocenters. The van der Waals surface area contributed by atoms with Gasteiger partial charge in [0, 0.05) is 25.5 Å². The van der Waals surface area contributed by atoms with Crippen LogP contribution in [0.3, 0.4) is 0 Å². The van der Waals surface area contributed by atoms with Gasteiger partial charge in [-0.25, -0.2) is 4.68 Å². The van der Waals surface area contributed by atoms with Crippen molar-refractivity contribution in [3.63, 3.8) is 0 Å². The second-order valence-corrected chi connectivity index (χ2v) is 5.72. The lowest BCUT2D eigenvalue weighted by Gasteiger charge is -2.23. The summed E-state index contributed by atoms with van der Waals surface area (Å²) < 4.78 is 3.47. The molecule has 7 nitrogen and oxygen atoms in total. The number of hydrogen-bond donors (Lipinski definition) is 1. The number of aromatic nitrogens is 4. The molecular weight excluding hydrogens is 270 g/mol. The van der Waals surface area contributed by atoms with Crippen molar-refractivity contribution in [1.82, 2.24) is 24.5 Å². The summed E-state index contributed by atoms with van der Waals surface area (Å²) in [5.74, 6) is -0.0416. The highest BCUT2D eigenvalue weighted by molar-refractivity contribution is 5.93. The Hall–Kier alpha value is -2.15. The first-order chi connectivity index (χ1) is 9.98. The van der Waals surface area contributed by atoms with Crippen LogP contribution < -0.4 is 0 Å². The maximum Gasteiger partial charge on any atom is 0.270 e. The van der Waals surface area contributed by atoms with Gasteiger partial charge in [-0.05, 0) is 25.5 Å². The SMILES string of the molecule is Cc1ccc(C(=O)N2CCC(O)(Cn3ccnn3)C2)n1C. The fraction of sp³-hybridized carbons (Fsp3) is 0.500. The topological polar surface area (TPSA) is 76.2 Å². The largest absolute Gasteiger partial charge is 0.386 e. The molecular formula is C14H19N5O2. The van der Waals surface area contributed by atoms with Crippen molar-refractivity contribution in [3.05, 3.63) is 35.9 Å². The molecule has 0 radical (unpaired) electrons. The molecule has 3 heterocycles. The number of aryl methyl sites for hydroxylation is 1. The molecule has 1 N–H and O–H groups in total. The molecule has 0 aromatic carbocycles. The molecule has 7 heteroatoms. The van der Waals surface area contributed by atoms with Gasteiger partial charge in [-0.3, -0.25) is 4.79 Å². The van der Waals surface area contributed by atoms with Gasteiger partial charge in [0.05, 0.1) is 19.3 Å². The molecule has 2 aromatic rings. The number of amides is 1. The van der Waals surface area contributed by atoms with Crippen molar-refractivity contribution in [2.75, 3.05) is 13.1 Å². The molecule has 0 spiro atoms. The zero-order valence-corrected chi connectivity index (χ0v) is 12.2. The van der Waals surface area contributed by atoms with Gasteiger partial charge in [-0.15, -0.1) is 5.10 Å². The molecule has 1 fully saturated rings. The first kappa shape index (κ1) is 13.8. The summed E-state index contributed by atoms with van der Waals surface area (Å²) in [6.45, 7) is 3.18. The van der Waals surface area contributed by atoms with Crippen molar-refractivity contribution in [3.8, 4) is 0 Å². The average molecular weight is 289 g/mol. The van der Waals surface area contributed by atoms with Gasteiger partial charge in [0.2, 0.25) is 0 Å². The molecule has 112 valence electrons. The summed E-state index contributed by atoms with van der Waals surface area (Å²) >= 11 is 0. The van der Waals surface area contributed by atoms with E-state index in [-0.39, 0.29) is 5.91 Å². The van der Waals surface area contributed by atoms with Crippen LogP contribution in [0.4, 0.5) is 0 Å². The van der Waals surface area contributed by atoms with E-state index in [1.807, 2.05) is 30.7 Å². The maximum absolute atomic E-state index is 12.5. The lowest BCUT2D eigenvalue weighted by Crippen LogP contribution is -2.40. The van der Waals surface area contributed by atoms with E-state index in [1.165, 1.54) is 0 Å².